The Hall–Kier alpha value is -2.36. The highest BCUT2D eigenvalue weighted by Gasteiger charge is 2.30. The van der Waals surface area contributed by atoms with Gasteiger partial charge in [-0.2, -0.15) is 0 Å². The van der Waals surface area contributed by atoms with Crippen LogP contribution in [0.4, 0.5) is 0 Å². The molecule has 1 aromatic rings. The zero-order valence-corrected chi connectivity index (χ0v) is 11.4. The van der Waals surface area contributed by atoms with Crippen LogP contribution < -0.4 is 0 Å². The molecule has 0 saturated carbocycles. The summed E-state index contributed by atoms with van der Waals surface area (Å²) >= 11 is 0. The minimum absolute atomic E-state index is 0.0573. The lowest BCUT2D eigenvalue weighted by molar-refractivity contribution is 0.0885. The van der Waals surface area contributed by atoms with Gasteiger partial charge in [-0.25, -0.2) is 0 Å². The van der Waals surface area contributed by atoms with Gasteiger partial charge < -0.3 is 10.2 Å². The van der Waals surface area contributed by atoms with Gasteiger partial charge in [-0.05, 0) is 19.9 Å². The standard InChI is InChI=1S/C16H16O4/c1-9(2)4-3-5-10-8-13(19)14-11(17)6-7-12(18)15(14)16(10)20/h3-5,8,19-20H,6-7H2,1-2H3. The SMILES string of the molecule is CC(C)=CC=Cc1cc(O)c2c(c1O)C(=O)CCC2=O. The molecule has 1 aliphatic carbocycles. The van der Waals surface area contributed by atoms with Crippen molar-refractivity contribution < 1.29 is 19.8 Å². The van der Waals surface area contributed by atoms with Crippen molar-refractivity contribution in [3.8, 4) is 11.5 Å². The number of hydrogen-bond donors (Lipinski definition) is 2. The summed E-state index contributed by atoms with van der Waals surface area (Å²) < 4.78 is 0. The first-order valence-corrected chi connectivity index (χ1v) is 6.38. The lowest BCUT2D eigenvalue weighted by Gasteiger charge is -2.17. The second-order valence-electron chi connectivity index (χ2n) is 5.03. The number of fused-ring (bicyclic) bond motifs is 1. The molecule has 0 unspecified atom stereocenters. The Morgan fingerprint density at radius 3 is 2.30 bits per heavy atom. The number of carbonyl (C=O) groups excluding carboxylic acids is 2. The predicted octanol–water partition coefficient (Wildman–Crippen LogP) is 3.24. The van der Waals surface area contributed by atoms with Crippen LogP contribution in [0.2, 0.25) is 0 Å². The predicted molar refractivity (Wildman–Crippen MR) is 76.1 cm³/mol. The quantitative estimate of drug-likeness (QED) is 0.640. The molecule has 0 aliphatic heterocycles. The molecule has 4 heteroatoms. The number of aromatic hydroxyl groups is 2. The molecule has 20 heavy (non-hydrogen) atoms. The van der Waals surface area contributed by atoms with Crippen molar-refractivity contribution >= 4 is 17.6 Å². The van der Waals surface area contributed by atoms with Crippen molar-refractivity contribution in [1.29, 1.82) is 0 Å². The summed E-state index contributed by atoms with van der Waals surface area (Å²) in [5.41, 5.74) is 1.28. The molecular formula is C16H16O4. The summed E-state index contributed by atoms with van der Waals surface area (Å²) in [5.74, 6) is -1.13. The zero-order valence-electron chi connectivity index (χ0n) is 11.4. The third kappa shape index (κ3) is 2.50. The Balaban J connectivity index is 2.58. The van der Waals surface area contributed by atoms with Gasteiger partial charge in [0.25, 0.3) is 0 Å². The van der Waals surface area contributed by atoms with Gasteiger partial charge >= 0.3 is 0 Å². The molecule has 2 rings (SSSR count). The second kappa shape index (κ2) is 5.33. The minimum atomic E-state index is -0.315. The van der Waals surface area contributed by atoms with Crippen LogP contribution in [0.1, 0.15) is 53.0 Å². The normalized spacial score (nSPS) is 14.5. The van der Waals surface area contributed by atoms with Crippen molar-refractivity contribution in [2.45, 2.75) is 26.7 Å². The summed E-state index contributed by atoms with van der Waals surface area (Å²) in [5, 5.41) is 20.1. The number of phenolic OH excluding ortho intramolecular Hbond substituents is 2. The van der Waals surface area contributed by atoms with E-state index in [0.29, 0.717) is 5.56 Å². The van der Waals surface area contributed by atoms with E-state index in [1.807, 2.05) is 19.9 Å². The van der Waals surface area contributed by atoms with E-state index in [0.717, 1.165) is 5.57 Å². The molecule has 0 spiro atoms. The number of phenols is 2. The lowest BCUT2D eigenvalue weighted by atomic mass is 9.86. The second-order valence-corrected chi connectivity index (χ2v) is 5.03. The van der Waals surface area contributed by atoms with E-state index < -0.39 is 0 Å². The van der Waals surface area contributed by atoms with E-state index in [1.54, 1.807) is 12.2 Å². The Bertz CT molecular complexity index is 647. The summed E-state index contributed by atoms with van der Waals surface area (Å²) in [6, 6.07) is 1.31. The van der Waals surface area contributed by atoms with E-state index >= 15 is 0 Å². The number of rotatable bonds is 2. The van der Waals surface area contributed by atoms with Crippen molar-refractivity contribution in [2.24, 2.45) is 0 Å². The molecule has 0 bridgehead atoms. The van der Waals surface area contributed by atoms with Crippen LogP contribution in [0.5, 0.6) is 11.5 Å². The molecule has 2 N–H and O–H groups in total. The number of benzene rings is 1. The molecule has 0 radical (unpaired) electrons. The van der Waals surface area contributed by atoms with E-state index in [9.17, 15) is 19.8 Å². The highest BCUT2D eigenvalue weighted by molar-refractivity contribution is 6.17. The van der Waals surface area contributed by atoms with Crippen LogP contribution in [0.25, 0.3) is 6.08 Å². The fourth-order valence-corrected chi connectivity index (χ4v) is 2.18. The van der Waals surface area contributed by atoms with Gasteiger partial charge in [0.1, 0.15) is 11.5 Å². The average molecular weight is 272 g/mol. The topological polar surface area (TPSA) is 74.6 Å². The highest BCUT2D eigenvalue weighted by Crippen LogP contribution is 2.38. The van der Waals surface area contributed by atoms with Crippen molar-refractivity contribution in [3.05, 3.63) is 40.5 Å². The first-order valence-electron chi connectivity index (χ1n) is 6.38. The zero-order chi connectivity index (χ0) is 14.9. The van der Waals surface area contributed by atoms with Crippen LogP contribution in [0, 0.1) is 0 Å². The molecule has 0 fully saturated rings. The van der Waals surface area contributed by atoms with Gasteiger partial charge in [0.15, 0.2) is 11.6 Å². The smallest absolute Gasteiger partial charge is 0.167 e. The summed E-state index contributed by atoms with van der Waals surface area (Å²) in [4.78, 5) is 23.6. The molecule has 4 nitrogen and oxygen atoms in total. The number of ketones is 2. The fourth-order valence-electron chi connectivity index (χ4n) is 2.18. The molecule has 0 heterocycles. The number of hydrogen-bond acceptors (Lipinski definition) is 4. The van der Waals surface area contributed by atoms with Crippen LogP contribution in [0.15, 0.2) is 23.8 Å². The van der Waals surface area contributed by atoms with Gasteiger partial charge in [0.05, 0.1) is 11.1 Å². The maximum absolute atomic E-state index is 11.9. The molecule has 0 saturated heterocycles. The first-order chi connectivity index (χ1) is 9.41. The summed E-state index contributed by atoms with van der Waals surface area (Å²) in [6.45, 7) is 3.85. The fraction of sp³-hybridized carbons (Fsp3) is 0.250. The van der Waals surface area contributed by atoms with Gasteiger partial charge in [-0.3, -0.25) is 9.59 Å². The third-order valence-corrected chi connectivity index (χ3v) is 3.15. The van der Waals surface area contributed by atoms with Gasteiger partial charge in [0, 0.05) is 18.4 Å². The van der Waals surface area contributed by atoms with Crippen molar-refractivity contribution in [1.82, 2.24) is 0 Å². The third-order valence-electron chi connectivity index (χ3n) is 3.15. The van der Waals surface area contributed by atoms with Crippen LogP contribution in [-0.2, 0) is 0 Å². The number of carbonyl (C=O) groups is 2. The van der Waals surface area contributed by atoms with Crippen molar-refractivity contribution in [2.75, 3.05) is 0 Å². The maximum Gasteiger partial charge on any atom is 0.167 e. The largest absolute Gasteiger partial charge is 0.507 e. The molecule has 104 valence electrons. The lowest BCUT2D eigenvalue weighted by Crippen LogP contribution is -2.17. The van der Waals surface area contributed by atoms with Gasteiger partial charge in [-0.1, -0.05) is 23.8 Å². The van der Waals surface area contributed by atoms with Gasteiger partial charge in [0.2, 0.25) is 0 Å². The van der Waals surface area contributed by atoms with Crippen LogP contribution in [-0.4, -0.2) is 21.8 Å². The number of Topliss-reactive ketones (excluding diaryl/α,β-unsaturated/α-hetero) is 2. The van der Waals surface area contributed by atoms with E-state index in [2.05, 4.69) is 0 Å². The van der Waals surface area contributed by atoms with Crippen LogP contribution >= 0.6 is 0 Å². The Kier molecular flexibility index (Phi) is 3.74. The summed E-state index contributed by atoms with van der Waals surface area (Å²) in [7, 11) is 0. The molecule has 0 atom stereocenters. The minimum Gasteiger partial charge on any atom is -0.507 e. The Labute approximate surface area is 117 Å². The van der Waals surface area contributed by atoms with Crippen molar-refractivity contribution in [3.63, 3.8) is 0 Å². The number of allylic oxidation sites excluding steroid dienone is 3. The van der Waals surface area contributed by atoms with E-state index in [-0.39, 0.29) is 47.0 Å². The molecule has 0 aromatic heterocycles. The Morgan fingerprint density at radius 1 is 1.10 bits per heavy atom. The monoisotopic (exact) mass is 272 g/mol. The average Bonchev–Trinajstić information content (AvgIpc) is 2.37. The molecule has 0 amide bonds. The Morgan fingerprint density at radius 2 is 1.70 bits per heavy atom. The maximum atomic E-state index is 11.9. The summed E-state index contributed by atoms with van der Waals surface area (Å²) in [6.07, 6.45) is 5.29. The van der Waals surface area contributed by atoms with E-state index in [1.165, 1.54) is 6.07 Å². The highest BCUT2D eigenvalue weighted by atomic mass is 16.3. The molecular weight excluding hydrogens is 256 g/mol. The van der Waals surface area contributed by atoms with Crippen LogP contribution in [0.3, 0.4) is 0 Å². The molecule has 1 aromatic carbocycles. The van der Waals surface area contributed by atoms with E-state index in [4.69, 9.17) is 0 Å². The first kappa shape index (κ1) is 14.1. The van der Waals surface area contributed by atoms with Gasteiger partial charge in [-0.15, -0.1) is 0 Å². The molecule has 1 aliphatic rings.